The van der Waals surface area contributed by atoms with Gasteiger partial charge in [0, 0.05) is 26.2 Å². The number of hydrogen-bond donors (Lipinski definition) is 0. The number of rotatable bonds is 5. The van der Waals surface area contributed by atoms with Gasteiger partial charge in [0.25, 0.3) is 5.91 Å². The molecule has 0 spiro atoms. The van der Waals surface area contributed by atoms with Crippen LogP contribution in [0.3, 0.4) is 0 Å². The maximum absolute atomic E-state index is 14.0. The highest BCUT2D eigenvalue weighted by molar-refractivity contribution is 5.97. The van der Waals surface area contributed by atoms with Gasteiger partial charge in [-0.15, -0.1) is 0 Å². The van der Waals surface area contributed by atoms with Crippen molar-refractivity contribution in [3.63, 3.8) is 0 Å². The first-order valence-electron chi connectivity index (χ1n) is 9.77. The average Bonchev–Trinajstić information content (AvgIpc) is 2.79. The number of carbonyl (C=O) groups is 1. The molecule has 3 aromatic rings. The lowest BCUT2D eigenvalue weighted by Crippen LogP contribution is -2.49. The van der Waals surface area contributed by atoms with Gasteiger partial charge in [0.2, 0.25) is 0 Å². The zero-order valence-electron chi connectivity index (χ0n) is 16.1. The normalized spacial score (nSPS) is 14.0. The van der Waals surface area contributed by atoms with Gasteiger partial charge in [-0.25, -0.2) is 4.39 Å². The minimum atomic E-state index is -0.230. The minimum absolute atomic E-state index is 0.0538. The zero-order valence-corrected chi connectivity index (χ0v) is 16.1. The van der Waals surface area contributed by atoms with Crippen LogP contribution in [0.4, 0.5) is 10.1 Å². The fraction of sp³-hybridized carbons (Fsp3) is 0.208. The molecular formula is C24H23FN2O2. The van der Waals surface area contributed by atoms with E-state index in [1.807, 2.05) is 64.4 Å². The van der Waals surface area contributed by atoms with E-state index in [9.17, 15) is 9.18 Å². The summed E-state index contributed by atoms with van der Waals surface area (Å²) >= 11 is 0. The summed E-state index contributed by atoms with van der Waals surface area (Å²) in [6, 6.07) is 24.0. The van der Waals surface area contributed by atoms with Gasteiger partial charge in [-0.2, -0.15) is 0 Å². The molecule has 148 valence electrons. The Morgan fingerprint density at radius 2 is 1.48 bits per heavy atom. The number of halogens is 1. The first kappa shape index (κ1) is 19.0. The Balaban J connectivity index is 1.42. The maximum atomic E-state index is 14.0. The molecular weight excluding hydrogens is 367 g/mol. The highest BCUT2D eigenvalue weighted by Gasteiger charge is 2.25. The Bertz CT molecular complexity index is 969. The SMILES string of the molecule is O=C(c1ccccc1OCc1ccccc1)N1CCN(c2ccccc2F)CC1. The van der Waals surface area contributed by atoms with Gasteiger partial charge < -0.3 is 14.5 Å². The average molecular weight is 390 g/mol. The summed E-state index contributed by atoms with van der Waals surface area (Å²) in [7, 11) is 0. The summed E-state index contributed by atoms with van der Waals surface area (Å²) in [4.78, 5) is 16.9. The lowest BCUT2D eigenvalue weighted by molar-refractivity contribution is 0.0741. The van der Waals surface area contributed by atoms with E-state index < -0.39 is 0 Å². The monoisotopic (exact) mass is 390 g/mol. The van der Waals surface area contributed by atoms with Crippen molar-refractivity contribution in [3.8, 4) is 5.75 Å². The molecule has 1 fully saturated rings. The van der Waals surface area contributed by atoms with Gasteiger partial charge in [0.1, 0.15) is 18.2 Å². The number of nitrogens with zero attached hydrogens (tertiary/aromatic N) is 2. The summed E-state index contributed by atoms with van der Waals surface area (Å²) < 4.78 is 20.0. The van der Waals surface area contributed by atoms with Crippen molar-refractivity contribution in [2.24, 2.45) is 0 Å². The zero-order chi connectivity index (χ0) is 20.1. The van der Waals surface area contributed by atoms with Crippen molar-refractivity contribution in [2.45, 2.75) is 6.61 Å². The molecule has 29 heavy (non-hydrogen) atoms. The van der Waals surface area contributed by atoms with Crippen LogP contribution in [0.15, 0.2) is 78.9 Å². The Morgan fingerprint density at radius 3 is 2.24 bits per heavy atom. The van der Waals surface area contributed by atoms with Crippen LogP contribution in [-0.4, -0.2) is 37.0 Å². The van der Waals surface area contributed by atoms with E-state index in [1.165, 1.54) is 6.07 Å². The highest BCUT2D eigenvalue weighted by atomic mass is 19.1. The smallest absolute Gasteiger partial charge is 0.257 e. The standard InChI is InChI=1S/C24H23FN2O2/c25-21-11-5-6-12-22(21)26-14-16-27(17-15-26)24(28)20-10-4-7-13-23(20)29-18-19-8-2-1-3-9-19/h1-13H,14-18H2. The molecule has 5 heteroatoms. The van der Waals surface area contributed by atoms with E-state index in [2.05, 4.69) is 0 Å². The van der Waals surface area contributed by atoms with Crippen LogP contribution in [0.25, 0.3) is 0 Å². The Labute approximate surface area is 170 Å². The molecule has 0 saturated carbocycles. The molecule has 0 unspecified atom stereocenters. The second-order valence-corrected chi connectivity index (χ2v) is 7.00. The number of para-hydroxylation sites is 2. The molecule has 4 nitrogen and oxygen atoms in total. The fourth-order valence-electron chi connectivity index (χ4n) is 3.53. The Kier molecular flexibility index (Phi) is 5.75. The van der Waals surface area contributed by atoms with Crippen molar-refractivity contribution in [3.05, 3.63) is 95.8 Å². The van der Waals surface area contributed by atoms with Crippen LogP contribution in [0, 0.1) is 5.82 Å². The van der Waals surface area contributed by atoms with Gasteiger partial charge in [-0.1, -0.05) is 54.6 Å². The summed E-state index contributed by atoms with van der Waals surface area (Å²) in [6.45, 7) is 2.69. The molecule has 3 aromatic carbocycles. The van der Waals surface area contributed by atoms with Gasteiger partial charge in [-0.3, -0.25) is 4.79 Å². The molecule has 0 atom stereocenters. The third-order valence-electron chi connectivity index (χ3n) is 5.11. The second-order valence-electron chi connectivity index (χ2n) is 7.00. The quantitative estimate of drug-likeness (QED) is 0.649. The summed E-state index contributed by atoms with van der Waals surface area (Å²) in [6.07, 6.45) is 0. The number of carbonyl (C=O) groups excluding carboxylic acids is 1. The lowest BCUT2D eigenvalue weighted by Gasteiger charge is -2.36. The van der Waals surface area contributed by atoms with Gasteiger partial charge in [0.15, 0.2) is 0 Å². The molecule has 4 rings (SSSR count). The topological polar surface area (TPSA) is 32.8 Å². The third-order valence-corrected chi connectivity index (χ3v) is 5.11. The van der Waals surface area contributed by atoms with Crippen LogP contribution < -0.4 is 9.64 Å². The summed E-state index contributed by atoms with van der Waals surface area (Å²) in [5.74, 6) is 0.298. The van der Waals surface area contributed by atoms with Crippen molar-refractivity contribution < 1.29 is 13.9 Å². The number of ether oxygens (including phenoxy) is 1. The molecule has 1 heterocycles. The van der Waals surface area contributed by atoms with Crippen LogP contribution in [0.1, 0.15) is 15.9 Å². The van der Waals surface area contributed by atoms with Gasteiger partial charge >= 0.3 is 0 Å². The minimum Gasteiger partial charge on any atom is -0.488 e. The third kappa shape index (κ3) is 4.40. The van der Waals surface area contributed by atoms with Gasteiger partial charge in [-0.05, 0) is 29.8 Å². The first-order valence-corrected chi connectivity index (χ1v) is 9.77. The number of piperazine rings is 1. The molecule has 0 aromatic heterocycles. The van der Waals surface area contributed by atoms with E-state index in [0.717, 1.165) is 5.56 Å². The molecule has 0 bridgehead atoms. The fourth-order valence-corrected chi connectivity index (χ4v) is 3.53. The van der Waals surface area contributed by atoms with Crippen LogP contribution in [0.5, 0.6) is 5.75 Å². The van der Waals surface area contributed by atoms with Crippen molar-refractivity contribution in [1.29, 1.82) is 0 Å². The molecule has 0 radical (unpaired) electrons. The van der Waals surface area contributed by atoms with Gasteiger partial charge in [0.05, 0.1) is 11.3 Å². The summed E-state index contributed by atoms with van der Waals surface area (Å²) in [5.41, 5.74) is 2.20. The molecule has 0 N–H and O–H groups in total. The molecule has 1 saturated heterocycles. The van der Waals surface area contributed by atoms with E-state index in [0.29, 0.717) is 49.8 Å². The number of amides is 1. The van der Waals surface area contributed by atoms with Crippen LogP contribution >= 0.6 is 0 Å². The number of anilines is 1. The van der Waals surface area contributed by atoms with Crippen LogP contribution in [-0.2, 0) is 6.61 Å². The van der Waals surface area contributed by atoms with E-state index in [-0.39, 0.29) is 11.7 Å². The largest absolute Gasteiger partial charge is 0.488 e. The lowest BCUT2D eigenvalue weighted by atomic mass is 10.1. The van der Waals surface area contributed by atoms with Crippen LogP contribution in [0.2, 0.25) is 0 Å². The summed E-state index contributed by atoms with van der Waals surface area (Å²) in [5, 5.41) is 0. The van der Waals surface area contributed by atoms with E-state index in [1.54, 1.807) is 18.2 Å². The first-order chi connectivity index (χ1) is 14.2. The predicted molar refractivity (Wildman–Crippen MR) is 112 cm³/mol. The number of hydrogen-bond acceptors (Lipinski definition) is 3. The number of benzene rings is 3. The van der Waals surface area contributed by atoms with E-state index in [4.69, 9.17) is 4.74 Å². The second kappa shape index (κ2) is 8.78. The predicted octanol–water partition coefficient (Wildman–Crippen LogP) is 4.37. The Hall–Kier alpha value is -3.34. The maximum Gasteiger partial charge on any atom is 0.257 e. The van der Waals surface area contributed by atoms with E-state index >= 15 is 0 Å². The molecule has 0 aliphatic carbocycles. The van der Waals surface area contributed by atoms with Crippen molar-refractivity contribution in [2.75, 3.05) is 31.1 Å². The highest BCUT2D eigenvalue weighted by Crippen LogP contribution is 2.24. The van der Waals surface area contributed by atoms with Crippen molar-refractivity contribution >= 4 is 11.6 Å². The molecule has 1 aliphatic heterocycles. The molecule has 1 amide bonds. The Morgan fingerprint density at radius 1 is 0.828 bits per heavy atom. The molecule has 1 aliphatic rings. The van der Waals surface area contributed by atoms with Crippen molar-refractivity contribution in [1.82, 2.24) is 4.90 Å².